The standard InChI is InChI=1S/C36H35Cl4FN2O4S/c1-2-26-16-27(36(45)42(20-24-8-11-31(41)12-9-24)21-25-14-28(37)17-29(38)15-25)10-13-33(26)43(22-23-6-4-3-5-7-23)48(46,47)34-19-30(39)18-32(40)35(34)44/h8-19,23,44H,2-7,20-22H2,1H3. The molecule has 4 aromatic carbocycles. The van der Waals surface area contributed by atoms with Crippen LogP contribution in [-0.4, -0.2) is 30.9 Å². The molecule has 1 saturated carbocycles. The smallest absolute Gasteiger partial charge is 0.268 e. The maximum absolute atomic E-state index is 14.3. The number of hydrogen-bond acceptors (Lipinski definition) is 4. The van der Waals surface area contributed by atoms with E-state index in [-0.39, 0.29) is 52.2 Å². The van der Waals surface area contributed by atoms with Crippen LogP contribution < -0.4 is 4.31 Å². The SMILES string of the molecule is CCc1cc(C(=O)N(Cc2ccc(F)cc2)Cc2cc(Cl)cc(Cl)c2)ccc1N(CC1CCCCC1)S(=O)(=O)c1cc(Cl)cc(Cl)c1O. The highest BCUT2D eigenvalue weighted by Crippen LogP contribution is 2.39. The molecule has 0 aromatic heterocycles. The average Bonchev–Trinajstić information content (AvgIpc) is 3.05. The molecule has 4 aromatic rings. The Kier molecular flexibility index (Phi) is 11.9. The third kappa shape index (κ3) is 8.58. The summed E-state index contributed by atoms with van der Waals surface area (Å²) in [4.78, 5) is 15.4. The first-order chi connectivity index (χ1) is 22.8. The fourth-order valence-electron chi connectivity index (χ4n) is 6.15. The van der Waals surface area contributed by atoms with Crippen molar-refractivity contribution in [1.82, 2.24) is 4.90 Å². The molecule has 6 nitrogen and oxygen atoms in total. The highest BCUT2D eigenvalue weighted by atomic mass is 35.5. The van der Waals surface area contributed by atoms with Crippen LogP contribution in [0.5, 0.6) is 5.75 Å². The molecule has 1 amide bonds. The molecule has 254 valence electrons. The molecule has 1 N–H and O–H groups in total. The number of anilines is 1. The molecular formula is C36H35Cl4FN2O4S. The van der Waals surface area contributed by atoms with Crippen molar-refractivity contribution in [1.29, 1.82) is 0 Å². The Hall–Kier alpha value is -3.01. The number of halogens is 5. The van der Waals surface area contributed by atoms with Crippen molar-refractivity contribution in [2.45, 2.75) is 63.4 Å². The summed E-state index contributed by atoms with van der Waals surface area (Å²) in [6.07, 6.45) is 5.26. The van der Waals surface area contributed by atoms with E-state index in [1.165, 1.54) is 28.6 Å². The molecule has 1 aliphatic carbocycles. The van der Waals surface area contributed by atoms with Crippen LogP contribution in [0, 0.1) is 11.7 Å². The van der Waals surface area contributed by atoms with E-state index in [0.717, 1.165) is 37.7 Å². The Labute approximate surface area is 301 Å². The number of carbonyl (C=O) groups excluding carboxylic acids is 1. The van der Waals surface area contributed by atoms with Crippen molar-refractivity contribution < 1.29 is 22.7 Å². The van der Waals surface area contributed by atoms with Crippen LogP contribution in [0.1, 0.15) is 66.1 Å². The number of aromatic hydroxyl groups is 1. The van der Waals surface area contributed by atoms with Gasteiger partial charge in [-0.05, 0) is 103 Å². The summed E-state index contributed by atoms with van der Waals surface area (Å²) in [5, 5.41) is 11.5. The lowest BCUT2D eigenvalue weighted by molar-refractivity contribution is 0.0730. The van der Waals surface area contributed by atoms with Gasteiger partial charge >= 0.3 is 0 Å². The van der Waals surface area contributed by atoms with E-state index in [9.17, 15) is 22.7 Å². The fraction of sp³-hybridized carbons (Fsp3) is 0.306. The summed E-state index contributed by atoms with van der Waals surface area (Å²) in [6, 6.07) is 18.4. The van der Waals surface area contributed by atoms with Gasteiger partial charge in [-0.25, -0.2) is 12.8 Å². The number of nitrogens with zero attached hydrogens (tertiary/aromatic N) is 2. The highest BCUT2D eigenvalue weighted by Gasteiger charge is 2.33. The van der Waals surface area contributed by atoms with Gasteiger partial charge in [0.1, 0.15) is 10.7 Å². The molecule has 1 aliphatic rings. The second-order valence-corrected chi connectivity index (χ2v) is 15.6. The predicted molar refractivity (Wildman–Crippen MR) is 191 cm³/mol. The van der Waals surface area contributed by atoms with E-state index < -0.39 is 15.8 Å². The number of phenols is 1. The molecule has 0 unspecified atom stereocenters. The molecular weight excluding hydrogens is 717 g/mol. The topological polar surface area (TPSA) is 77.9 Å². The summed E-state index contributed by atoms with van der Waals surface area (Å²) >= 11 is 24.9. The number of phenolic OH excluding ortho intramolecular Hbond substituents is 1. The molecule has 0 aliphatic heterocycles. The van der Waals surface area contributed by atoms with Crippen molar-refractivity contribution in [2.75, 3.05) is 10.8 Å². The second-order valence-electron chi connectivity index (χ2n) is 12.0. The van der Waals surface area contributed by atoms with Crippen molar-refractivity contribution in [3.8, 4) is 5.75 Å². The molecule has 12 heteroatoms. The molecule has 0 saturated heterocycles. The first-order valence-electron chi connectivity index (χ1n) is 15.7. The van der Waals surface area contributed by atoms with Crippen LogP contribution in [0.4, 0.5) is 10.1 Å². The van der Waals surface area contributed by atoms with Crippen LogP contribution in [0.3, 0.4) is 0 Å². The van der Waals surface area contributed by atoms with Crippen LogP contribution in [-0.2, 0) is 29.5 Å². The first-order valence-corrected chi connectivity index (χ1v) is 18.6. The lowest BCUT2D eigenvalue weighted by Gasteiger charge is -2.32. The monoisotopic (exact) mass is 750 g/mol. The van der Waals surface area contributed by atoms with Gasteiger partial charge in [-0.3, -0.25) is 9.10 Å². The Morgan fingerprint density at radius 2 is 1.46 bits per heavy atom. The summed E-state index contributed by atoms with van der Waals surface area (Å²) in [5.41, 5.74) is 2.80. The van der Waals surface area contributed by atoms with Gasteiger partial charge in [0.05, 0.1) is 10.7 Å². The quantitative estimate of drug-likeness (QED) is 0.166. The minimum absolute atomic E-state index is 0.0767. The summed E-state index contributed by atoms with van der Waals surface area (Å²) in [5.74, 6) is -1.18. The van der Waals surface area contributed by atoms with Gasteiger partial charge < -0.3 is 10.0 Å². The van der Waals surface area contributed by atoms with E-state index >= 15 is 0 Å². The van der Waals surface area contributed by atoms with Crippen LogP contribution >= 0.6 is 46.4 Å². The van der Waals surface area contributed by atoms with Crippen molar-refractivity contribution in [3.05, 3.63) is 121 Å². The van der Waals surface area contributed by atoms with Crippen LogP contribution in [0.15, 0.2) is 77.7 Å². The molecule has 0 bridgehead atoms. The summed E-state index contributed by atoms with van der Waals surface area (Å²) < 4.78 is 43.7. The van der Waals surface area contributed by atoms with E-state index in [1.54, 1.807) is 53.4 Å². The second kappa shape index (κ2) is 15.7. The van der Waals surface area contributed by atoms with E-state index in [2.05, 4.69) is 0 Å². The maximum Gasteiger partial charge on any atom is 0.268 e. The van der Waals surface area contributed by atoms with Gasteiger partial charge in [0.15, 0.2) is 5.75 Å². The maximum atomic E-state index is 14.3. The number of carbonyl (C=O) groups is 1. The van der Waals surface area contributed by atoms with E-state index in [1.807, 2.05) is 6.92 Å². The number of aryl methyl sites for hydroxylation is 1. The largest absolute Gasteiger partial charge is 0.505 e. The summed E-state index contributed by atoms with van der Waals surface area (Å²) in [6.45, 7) is 2.41. The Bertz CT molecular complexity index is 1880. The Balaban J connectivity index is 1.55. The van der Waals surface area contributed by atoms with Crippen LogP contribution in [0.25, 0.3) is 0 Å². The number of hydrogen-bond donors (Lipinski definition) is 1. The number of sulfonamides is 1. The fourth-order valence-corrected chi connectivity index (χ4v) is 9.04. The number of rotatable bonds is 11. The number of benzene rings is 4. The van der Waals surface area contributed by atoms with Gasteiger partial charge in [0.2, 0.25) is 0 Å². The average molecular weight is 753 g/mol. The third-order valence-electron chi connectivity index (χ3n) is 8.56. The normalized spacial score (nSPS) is 13.8. The van der Waals surface area contributed by atoms with E-state index in [4.69, 9.17) is 46.4 Å². The zero-order chi connectivity index (χ0) is 34.6. The molecule has 0 atom stereocenters. The van der Waals surface area contributed by atoms with Gasteiger partial charge in [0, 0.05) is 40.3 Å². The minimum atomic E-state index is -4.34. The zero-order valence-electron chi connectivity index (χ0n) is 26.2. The Morgan fingerprint density at radius 1 is 0.833 bits per heavy atom. The molecule has 0 heterocycles. The molecule has 0 spiro atoms. The first kappa shape index (κ1) is 36.3. The van der Waals surface area contributed by atoms with E-state index in [0.29, 0.717) is 38.8 Å². The van der Waals surface area contributed by atoms with Crippen molar-refractivity contribution in [3.63, 3.8) is 0 Å². The van der Waals surface area contributed by atoms with Gasteiger partial charge in [-0.2, -0.15) is 0 Å². The van der Waals surface area contributed by atoms with Crippen molar-refractivity contribution in [2.24, 2.45) is 5.92 Å². The highest BCUT2D eigenvalue weighted by molar-refractivity contribution is 7.93. The lowest BCUT2D eigenvalue weighted by Crippen LogP contribution is -2.37. The zero-order valence-corrected chi connectivity index (χ0v) is 30.1. The molecule has 1 fully saturated rings. The number of amides is 1. The van der Waals surface area contributed by atoms with Gasteiger partial charge in [-0.1, -0.05) is 84.7 Å². The lowest BCUT2D eigenvalue weighted by atomic mass is 9.89. The minimum Gasteiger partial charge on any atom is -0.505 e. The predicted octanol–water partition coefficient (Wildman–Crippen LogP) is 10.3. The van der Waals surface area contributed by atoms with Gasteiger partial charge in [0.25, 0.3) is 15.9 Å². The van der Waals surface area contributed by atoms with Crippen molar-refractivity contribution >= 4 is 68.0 Å². The molecule has 48 heavy (non-hydrogen) atoms. The van der Waals surface area contributed by atoms with Crippen LogP contribution in [0.2, 0.25) is 20.1 Å². The Morgan fingerprint density at radius 3 is 2.10 bits per heavy atom. The molecule has 5 rings (SSSR count). The summed E-state index contributed by atoms with van der Waals surface area (Å²) in [7, 11) is -4.34. The van der Waals surface area contributed by atoms with Gasteiger partial charge in [-0.15, -0.1) is 0 Å². The molecule has 0 radical (unpaired) electrons. The third-order valence-corrected chi connectivity index (χ3v) is 11.3.